The van der Waals surface area contributed by atoms with Crippen molar-refractivity contribution in [3.05, 3.63) is 71.4 Å². The lowest BCUT2D eigenvalue weighted by atomic mass is 10.2. The Morgan fingerprint density at radius 3 is 2.92 bits per heavy atom. The van der Waals surface area contributed by atoms with Crippen LogP contribution in [0.15, 0.2) is 55.1 Å². The third kappa shape index (κ3) is 2.25. The molecule has 5 nitrogen and oxygen atoms in total. The largest absolute Gasteiger partial charge is 0.307 e. The monoisotopic (exact) mass is 333 g/mol. The Bertz CT molecular complexity index is 1100. The van der Waals surface area contributed by atoms with Crippen LogP contribution in [0.5, 0.6) is 0 Å². The normalized spacial score (nSPS) is 10.9. The standard InChI is InChI=1S/C18H12ClN5/c1-12-4-5-14(19)8-17(12)23-10-13(7-15(23)9-20)18-16-3-2-6-24(16)22-11-21-18/h2-8,10-11H,1H3. The Labute approximate surface area is 143 Å². The molecule has 24 heavy (non-hydrogen) atoms. The summed E-state index contributed by atoms with van der Waals surface area (Å²) in [5, 5.41) is 14.3. The van der Waals surface area contributed by atoms with Crippen LogP contribution in [-0.4, -0.2) is 19.2 Å². The smallest absolute Gasteiger partial charge is 0.137 e. The van der Waals surface area contributed by atoms with Crippen molar-refractivity contribution in [1.29, 1.82) is 5.26 Å². The molecule has 0 aliphatic heterocycles. The van der Waals surface area contributed by atoms with Gasteiger partial charge in [-0.05, 0) is 42.8 Å². The van der Waals surface area contributed by atoms with Crippen molar-refractivity contribution in [2.45, 2.75) is 6.92 Å². The van der Waals surface area contributed by atoms with E-state index >= 15 is 0 Å². The van der Waals surface area contributed by atoms with E-state index in [-0.39, 0.29) is 0 Å². The summed E-state index contributed by atoms with van der Waals surface area (Å²) < 4.78 is 3.61. The van der Waals surface area contributed by atoms with Crippen LogP contribution in [0, 0.1) is 18.3 Å². The lowest BCUT2D eigenvalue weighted by molar-refractivity contribution is 0.906. The maximum absolute atomic E-state index is 9.53. The second-order valence-electron chi connectivity index (χ2n) is 5.47. The van der Waals surface area contributed by atoms with E-state index in [0.29, 0.717) is 10.7 Å². The summed E-state index contributed by atoms with van der Waals surface area (Å²) >= 11 is 6.13. The van der Waals surface area contributed by atoms with Gasteiger partial charge < -0.3 is 4.57 Å². The fourth-order valence-electron chi connectivity index (χ4n) is 2.81. The lowest BCUT2D eigenvalue weighted by Crippen LogP contribution is -1.98. The molecule has 0 N–H and O–H groups in total. The van der Waals surface area contributed by atoms with Crippen molar-refractivity contribution >= 4 is 17.1 Å². The number of benzene rings is 1. The molecule has 0 radical (unpaired) electrons. The molecule has 1 aromatic carbocycles. The van der Waals surface area contributed by atoms with E-state index in [1.54, 1.807) is 4.52 Å². The highest BCUT2D eigenvalue weighted by Crippen LogP contribution is 2.28. The predicted molar refractivity (Wildman–Crippen MR) is 92.2 cm³/mol. The van der Waals surface area contributed by atoms with E-state index in [1.165, 1.54) is 6.33 Å². The molecule has 4 aromatic rings. The molecule has 0 aliphatic rings. The maximum Gasteiger partial charge on any atom is 0.137 e. The van der Waals surface area contributed by atoms with Crippen LogP contribution in [0.25, 0.3) is 22.5 Å². The van der Waals surface area contributed by atoms with Gasteiger partial charge in [-0.1, -0.05) is 17.7 Å². The fraction of sp³-hybridized carbons (Fsp3) is 0.0556. The molecule has 0 amide bonds. The van der Waals surface area contributed by atoms with Gasteiger partial charge in [0.05, 0.1) is 16.9 Å². The van der Waals surface area contributed by atoms with Gasteiger partial charge in [-0.25, -0.2) is 9.50 Å². The predicted octanol–water partition coefficient (Wildman–Crippen LogP) is 4.02. The number of nitriles is 1. The minimum Gasteiger partial charge on any atom is -0.307 e. The quantitative estimate of drug-likeness (QED) is 0.556. The zero-order valence-corrected chi connectivity index (χ0v) is 13.6. The average molecular weight is 334 g/mol. The molecule has 3 aromatic heterocycles. The van der Waals surface area contributed by atoms with Crippen molar-refractivity contribution in [1.82, 2.24) is 19.2 Å². The summed E-state index contributed by atoms with van der Waals surface area (Å²) in [6.45, 7) is 1.99. The first-order valence-electron chi connectivity index (χ1n) is 7.35. The van der Waals surface area contributed by atoms with Crippen molar-refractivity contribution in [3.8, 4) is 23.0 Å². The molecule has 0 spiro atoms. The molecular formula is C18H12ClN5. The van der Waals surface area contributed by atoms with Crippen molar-refractivity contribution in [3.63, 3.8) is 0 Å². The van der Waals surface area contributed by atoms with Gasteiger partial charge in [-0.3, -0.25) is 0 Å². The number of rotatable bonds is 2. The highest BCUT2D eigenvalue weighted by atomic mass is 35.5. The van der Waals surface area contributed by atoms with E-state index in [2.05, 4.69) is 16.2 Å². The summed E-state index contributed by atoms with van der Waals surface area (Å²) in [5.41, 5.74) is 4.97. The van der Waals surface area contributed by atoms with Crippen LogP contribution >= 0.6 is 11.6 Å². The molecule has 0 saturated heterocycles. The zero-order chi connectivity index (χ0) is 16.7. The summed E-state index contributed by atoms with van der Waals surface area (Å²) in [4.78, 5) is 4.39. The SMILES string of the molecule is Cc1ccc(Cl)cc1-n1cc(-c2ncnn3cccc23)cc1C#N. The molecule has 6 heteroatoms. The van der Waals surface area contributed by atoms with Crippen LogP contribution < -0.4 is 0 Å². The van der Waals surface area contributed by atoms with Crippen LogP contribution in [0.1, 0.15) is 11.3 Å². The average Bonchev–Trinajstić information content (AvgIpc) is 3.23. The Morgan fingerprint density at radius 2 is 2.08 bits per heavy atom. The highest BCUT2D eigenvalue weighted by molar-refractivity contribution is 6.30. The molecule has 0 aliphatic carbocycles. The molecule has 0 unspecified atom stereocenters. The molecular weight excluding hydrogens is 322 g/mol. The second-order valence-corrected chi connectivity index (χ2v) is 5.91. The summed E-state index contributed by atoms with van der Waals surface area (Å²) in [6.07, 6.45) is 5.28. The van der Waals surface area contributed by atoms with Crippen LogP contribution in [0.4, 0.5) is 0 Å². The van der Waals surface area contributed by atoms with Crippen LogP contribution in [0.3, 0.4) is 0 Å². The molecule has 0 atom stereocenters. The summed E-state index contributed by atoms with van der Waals surface area (Å²) in [7, 11) is 0. The topological polar surface area (TPSA) is 58.9 Å². The molecule has 3 heterocycles. The molecule has 0 saturated carbocycles. The summed E-state index contributed by atoms with van der Waals surface area (Å²) in [5.74, 6) is 0. The van der Waals surface area contributed by atoms with Gasteiger partial charge in [0, 0.05) is 23.0 Å². The van der Waals surface area contributed by atoms with Crippen LogP contribution in [0.2, 0.25) is 5.02 Å². The van der Waals surface area contributed by atoms with E-state index in [0.717, 1.165) is 28.0 Å². The minimum absolute atomic E-state index is 0.527. The van der Waals surface area contributed by atoms with Gasteiger partial charge in [-0.2, -0.15) is 10.4 Å². The highest BCUT2D eigenvalue weighted by Gasteiger charge is 2.14. The van der Waals surface area contributed by atoms with Gasteiger partial charge in [0.2, 0.25) is 0 Å². The third-order valence-corrected chi connectivity index (χ3v) is 4.21. The Hall–Kier alpha value is -3.10. The Morgan fingerprint density at radius 1 is 1.21 bits per heavy atom. The first kappa shape index (κ1) is 14.5. The molecule has 4 rings (SSSR count). The second kappa shape index (κ2) is 5.52. The number of aromatic nitrogens is 4. The fourth-order valence-corrected chi connectivity index (χ4v) is 2.97. The Balaban J connectivity index is 1.95. The number of hydrogen-bond acceptors (Lipinski definition) is 3. The number of hydrogen-bond donors (Lipinski definition) is 0. The van der Waals surface area contributed by atoms with Crippen molar-refractivity contribution in [2.24, 2.45) is 0 Å². The number of nitrogens with zero attached hydrogens (tertiary/aromatic N) is 5. The number of fused-ring (bicyclic) bond motifs is 1. The number of halogens is 1. The van der Waals surface area contributed by atoms with E-state index < -0.39 is 0 Å². The van der Waals surface area contributed by atoms with Crippen LogP contribution in [-0.2, 0) is 0 Å². The molecule has 0 fully saturated rings. The number of aryl methyl sites for hydroxylation is 1. The molecule has 116 valence electrons. The Kier molecular flexibility index (Phi) is 3.33. The van der Waals surface area contributed by atoms with Gasteiger partial charge in [0.1, 0.15) is 18.1 Å². The third-order valence-electron chi connectivity index (χ3n) is 3.97. The zero-order valence-electron chi connectivity index (χ0n) is 12.8. The lowest BCUT2D eigenvalue weighted by Gasteiger charge is -2.09. The van der Waals surface area contributed by atoms with E-state index in [9.17, 15) is 5.26 Å². The molecule has 0 bridgehead atoms. The van der Waals surface area contributed by atoms with Gasteiger partial charge in [0.15, 0.2) is 0 Å². The first-order chi connectivity index (χ1) is 11.7. The minimum atomic E-state index is 0.527. The van der Waals surface area contributed by atoms with E-state index in [4.69, 9.17) is 11.6 Å². The summed E-state index contributed by atoms with van der Waals surface area (Å²) in [6, 6.07) is 13.6. The maximum atomic E-state index is 9.53. The van der Waals surface area contributed by atoms with Gasteiger partial charge in [0.25, 0.3) is 0 Å². The van der Waals surface area contributed by atoms with Crippen molar-refractivity contribution < 1.29 is 0 Å². The first-order valence-corrected chi connectivity index (χ1v) is 7.73. The van der Waals surface area contributed by atoms with Crippen molar-refractivity contribution in [2.75, 3.05) is 0 Å². The van der Waals surface area contributed by atoms with Gasteiger partial charge in [-0.15, -0.1) is 0 Å². The van der Waals surface area contributed by atoms with E-state index in [1.807, 2.05) is 60.3 Å². The van der Waals surface area contributed by atoms with Gasteiger partial charge >= 0.3 is 0 Å².